The normalized spacial score (nSPS) is 29.7. The topological polar surface area (TPSA) is 89.8 Å². The number of ether oxygens (including phenoxy) is 1. The highest BCUT2D eigenvalue weighted by Gasteiger charge is 2.38. The summed E-state index contributed by atoms with van der Waals surface area (Å²) in [4.78, 5) is 19.0. The number of nitrogens with one attached hydrogen (secondary N) is 3. The van der Waals surface area contributed by atoms with Gasteiger partial charge in [0.05, 0.1) is 29.4 Å². The standard InChI is InChI=1S/C23H26ClF2N5O2/c1-3-15-7-20(21(26)12(2)30-15)33-19-6-14(25)4-5-16(19)23(32)31-10-17(18(27)11-31)22-28-8-13(24)9-29-22/h4-6,8-9,12,15,20-21,27-28,30H,3,7,10-11H2,1-2H3/b22-17+,27-18?. The summed E-state index contributed by atoms with van der Waals surface area (Å²) in [5, 5.41) is 14.8. The fourth-order valence-corrected chi connectivity index (χ4v) is 4.36. The number of hydrogen-bond donors (Lipinski definition) is 3. The molecule has 1 aromatic rings. The van der Waals surface area contributed by atoms with Crippen molar-refractivity contribution in [1.29, 1.82) is 5.41 Å². The highest BCUT2D eigenvalue weighted by molar-refractivity contribution is 6.39. The summed E-state index contributed by atoms with van der Waals surface area (Å²) in [6.45, 7) is 3.96. The van der Waals surface area contributed by atoms with Crippen LogP contribution in [0.1, 0.15) is 37.0 Å². The number of likely N-dealkylation sites (tertiary alicyclic amines) is 1. The van der Waals surface area contributed by atoms with E-state index in [2.05, 4.69) is 15.6 Å². The SMILES string of the molecule is CCC1CC(Oc2cc(F)ccc2C(=O)N2CC(=N)/C(=C3/N=CC(Cl)=CN3)C2)C(F)C(C)N1. The van der Waals surface area contributed by atoms with Crippen LogP contribution >= 0.6 is 11.6 Å². The lowest BCUT2D eigenvalue weighted by Crippen LogP contribution is -2.55. The average Bonchev–Trinajstić information content (AvgIpc) is 3.18. The van der Waals surface area contributed by atoms with Gasteiger partial charge in [-0.05, 0) is 25.5 Å². The number of carbonyl (C=O) groups excluding carboxylic acids is 1. The van der Waals surface area contributed by atoms with Crippen molar-refractivity contribution in [3.05, 3.63) is 52.2 Å². The third-order valence-corrected chi connectivity index (χ3v) is 6.30. The summed E-state index contributed by atoms with van der Waals surface area (Å²) in [7, 11) is 0. The van der Waals surface area contributed by atoms with E-state index in [9.17, 15) is 13.6 Å². The quantitative estimate of drug-likeness (QED) is 0.619. The van der Waals surface area contributed by atoms with Gasteiger partial charge in [-0.1, -0.05) is 18.5 Å². The van der Waals surface area contributed by atoms with Crippen LogP contribution < -0.4 is 15.4 Å². The third kappa shape index (κ3) is 4.94. The van der Waals surface area contributed by atoms with E-state index in [0.29, 0.717) is 22.8 Å². The van der Waals surface area contributed by atoms with Crippen molar-refractivity contribution in [1.82, 2.24) is 15.5 Å². The maximum absolute atomic E-state index is 14.9. The van der Waals surface area contributed by atoms with E-state index in [0.717, 1.165) is 12.5 Å². The molecule has 0 spiro atoms. The van der Waals surface area contributed by atoms with E-state index in [-0.39, 0.29) is 36.2 Å². The minimum absolute atomic E-state index is 0.00719. The number of carbonyl (C=O) groups is 1. The Bertz CT molecular complexity index is 1060. The van der Waals surface area contributed by atoms with Crippen LogP contribution in [0.25, 0.3) is 0 Å². The molecule has 33 heavy (non-hydrogen) atoms. The summed E-state index contributed by atoms with van der Waals surface area (Å²) in [5.74, 6) is -0.548. The molecule has 4 atom stereocenters. The number of allylic oxidation sites excluding steroid dienone is 1. The molecule has 1 amide bonds. The Morgan fingerprint density at radius 1 is 1.39 bits per heavy atom. The molecular formula is C23H26ClF2N5O2. The van der Waals surface area contributed by atoms with Crippen LogP contribution in [-0.4, -0.2) is 60.2 Å². The largest absolute Gasteiger partial charge is 0.486 e. The highest BCUT2D eigenvalue weighted by atomic mass is 35.5. The smallest absolute Gasteiger partial charge is 0.258 e. The molecule has 10 heteroatoms. The molecule has 3 aliphatic rings. The molecule has 3 aliphatic heterocycles. The number of rotatable bonds is 4. The average molecular weight is 478 g/mol. The molecular weight excluding hydrogens is 452 g/mol. The second-order valence-electron chi connectivity index (χ2n) is 8.44. The fraction of sp³-hybridized carbons (Fsp3) is 0.435. The van der Waals surface area contributed by atoms with Gasteiger partial charge in [-0.25, -0.2) is 13.8 Å². The Morgan fingerprint density at radius 3 is 2.88 bits per heavy atom. The Kier molecular flexibility index (Phi) is 6.81. The minimum atomic E-state index is -1.30. The van der Waals surface area contributed by atoms with Gasteiger partial charge >= 0.3 is 0 Å². The molecule has 0 aliphatic carbocycles. The van der Waals surface area contributed by atoms with Gasteiger partial charge < -0.3 is 25.7 Å². The zero-order chi connectivity index (χ0) is 23.7. The summed E-state index contributed by atoms with van der Waals surface area (Å²) in [5.41, 5.74) is 0.928. The molecule has 1 aromatic carbocycles. The molecule has 0 bridgehead atoms. The summed E-state index contributed by atoms with van der Waals surface area (Å²) >= 11 is 5.87. The van der Waals surface area contributed by atoms with E-state index in [1.165, 1.54) is 23.2 Å². The second kappa shape index (κ2) is 9.61. The second-order valence-corrected chi connectivity index (χ2v) is 8.87. The van der Waals surface area contributed by atoms with Crippen LogP contribution in [0, 0.1) is 11.2 Å². The lowest BCUT2D eigenvalue weighted by Gasteiger charge is -2.37. The highest BCUT2D eigenvalue weighted by Crippen LogP contribution is 2.30. The van der Waals surface area contributed by atoms with E-state index in [1.807, 2.05) is 6.92 Å². The fourth-order valence-electron chi connectivity index (χ4n) is 4.26. The van der Waals surface area contributed by atoms with Gasteiger partial charge in [0.1, 0.15) is 23.5 Å². The first-order valence-corrected chi connectivity index (χ1v) is 11.3. The summed E-state index contributed by atoms with van der Waals surface area (Å²) in [6.07, 6.45) is 2.13. The zero-order valence-corrected chi connectivity index (χ0v) is 19.1. The Morgan fingerprint density at radius 2 is 2.18 bits per heavy atom. The molecule has 3 N–H and O–H groups in total. The van der Waals surface area contributed by atoms with Gasteiger partial charge in [-0.15, -0.1) is 0 Å². The van der Waals surface area contributed by atoms with Gasteiger partial charge in [-0.3, -0.25) is 4.79 Å². The van der Waals surface area contributed by atoms with Crippen LogP contribution in [0.3, 0.4) is 0 Å². The van der Waals surface area contributed by atoms with Crippen molar-refractivity contribution in [3.63, 3.8) is 0 Å². The Labute approximate surface area is 196 Å². The van der Waals surface area contributed by atoms with Crippen LogP contribution in [0.2, 0.25) is 0 Å². The maximum Gasteiger partial charge on any atom is 0.258 e. The number of aliphatic imine (C=N–C) groups is 1. The predicted octanol–water partition coefficient (Wildman–Crippen LogP) is 3.51. The van der Waals surface area contributed by atoms with Gasteiger partial charge in [0.15, 0.2) is 6.17 Å². The molecule has 2 saturated heterocycles. The van der Waals surface area contributed by atoms with Gasteiger partial charge in [-0.2, -0.15) is 0 Å². The molecule has 0 aromatic heterocycles. The number of alkyl halides is 1. The zero-order valence-electron chi connectivity index (χ0n) is 18.4. The maximum atomic E-state index is 14.9. The van der Waals surface area contributed by atoms with Gasteiger partial charge in [0.2, 0.25) is 0 Å². The Balaban J connectivity index is 1.56. The van der Waals surface area contributed by atoms with Crippen molar-refractivity contribution in [2.75, 3.05) is 13.1 Å². The van der Waals surface area contributed by atoms with Crippen molar-refractivity contribution in [2.24, 2.45) is 4.99 Å². The predicted molar refractivity (Wildman–Crippen MR) is 123 cm³/mol. The van der Waals surface area contributed by atoms with Crippen molar-refractivity contribution >= 4 is 29.4 Å². The number of amides is 1. The van der Waals surface area contributed by atoms with E-state index in [1.54, 1.807) is 13.1 Å². The molecule has 0 radical (unpaired) electrons. The molecule has 7 nitrogen and oxygen atoms in total. The summed E-state index contributed by atoms with van der Waals surface area (Å²) in [6, 6.07) is 3.29. The minimum Gasteiger partial charge on any atom is -0.486 e. The monoisotopic (exact) mass is 477 g/mol. The lowest BCUT2D eigenvalue weighted by atomic mass is 9.93. The Hall–Kier alpha value is -2.78. The van der Waals surface area contributed by atoms with Crippen molar-refractivity contribution in [2.45, 2.75) is 51.0 Å². The number of benzene rings is 1. The summed E-state index contributed by atoms with van der Waals surface area (Å²) < 4.78 is 34.8. The first-order chi connectivity index (χ1) is 15.8. The first-order valence-electron chi connectivity index (χ1n) is 10.9. The number of nitrogens with zero attached hydrogens (tertiary/aromatic N) is 2. The molecule has 176 valence electrons. The molecule has 4 unspecified atom stereocenters. The van der Waals surface area contributed by atoms with Gasteiger partial charge in [0.25, 0.3) is 5.91 Å². The van der Waals surface area contributed by atoms with Crippen LogP contribution in [0.15, 0.2) is 45.8 Å². The first kappa shape index (κ1) is 23.4. The van der Waals surface area contributed by atoms with Crippen molar-refractivity contribution in [3.8, 4) is 5.75 Å². The van der Waals surface area contributed by atoms with Crippen LogP contribution in [0.4, 0.5) is 8.78 Å². The van der Waals surface area contributed by atoms with E-state index >= 15 is 0 Å². The molecule has 4 rings (SSSR count). The van der Waals surface area contributed by atoms with Gasteiger partial charge in [0, 0.05) is 42.6 Å². The molecule has 2 fully saturated rings. The van der Waals surface area contributed by atoms with Crippen molar-refractivity contribution < 1.29 is 18.3 Å². The van der Waals surface area contributed by atoms with Crippen LogP contribution in [0.5, 0.6) is 5.75 Å². The number of hydrogen-bond acceptors (Lipinski definition) is 6. The van der Waals surface area contributed by atoms with E-state index in [4.69, 9.17) is 21.7 Å². The molecule has 3 heterocycles. The van der Waals surface area contributed by atoms with E-state index < -0.39 is 30.0 Å². The lowest BCUT2D eigenvalue weighted by molar-refractivity contribution is 0.0292. The number of piperidine rings is 1. The third-order valence-electron chi connectivity index (χ3n) is 6.09. The molecule has 0 saturated carbocycles. The van der Waals surface area contributed by atoms with Crippen LogP contribution in [-0.2, 0) is 0 Å². The number of halogens is 3.